The maximum atomic E-state index is 13.4. The van der Waals surface area contributed by atoms with Crippen LogP contribution in [0.2, 0.25) is 0 Å². The Hall–Kier alpha value is -2.68. The Morgan fingerprint density at radius 1 is 1.10 bits per heavy atom. The maximum Gasteiger partial charge on any atom is 0.265 e. The van der Waals surface area contributed by atoms with Crippen LogP contribution in [0.5, 0.6) is 5.75 Å². The third-order valence-corrected chi connectivity index (χ3v) is 8.38. The van der Waals surface area contributed by atoms with E-state index in [0.717, 1.165) is 28.2 Å². The summed E-state index contributed by atoms with van der Waals surface area (Å²) in [6.45, 7) is 1.10. The molecule has 0 atom stereocenters. The average Bonchev–Trinajstić information content (AvgIpc) is 3.29. The van der Waals surface area contributed by atoms with Crippen LogP contribution < -0.4 is 4.74 Å². The number of hydrogen-bond acceptors (Lipinski definition) is 5. The fraction of sp³-hybridized carbons (Fsp3) is 0.261. The van der Waals surface area contributed by atoms with Gasteiger partial charge in [-0.15, -0.1) is 11.3 Å². The third-order valence-electron chi connectivity index (χ3n) is 5.46. The Kier molecular flexibility index (Phi) is 6.13. The summed E-state index contributed by atoms with van der Waals surface area (Å²) >= 11 is 1.16. The molecule has 1 amide bonds. The topological polar surface area (TPSA) is 66.9 Å². The Balaban J connectivity index is 1.54. The quantitative estimate of drug-likeness (QED) is 0.566. The Labute approximate surface area is 186 Å². The highest BCUT2D eigenvalue weighted by Crippen LogP contribution is 2.30. The lowest BCUT2D eigenvalue weighted by Gasteiger charge is -2.28. The largest absolute Gasteiger partial charge is 0.497 e. The molecular formula is C23H24N2O4S2. The minimum Gasteiger partial charge on any atom is -0.497 e. The maximum absolute atomic E-state index is 13.4. The fourth-order valence-corrected chi connectivity index (χ4v) is 6.53. The van der Waals surface area contributed by atoms with Crippen molar-refractivity contribution in [3.05, 3.63) is 81.5 Å². The van der Waals surface area contributed by atoms with Gasteiger partial charge in [-0.2, -0.15) is 4.31 Å². The van der Waals surface area contributed by atoms with E-state index in [2.05, 4.69) is 0 Å². The second-order valence-corrected chi connectivity index (χ2v) is 10.3. The van der Waals surface area contributed by atoms with Crippen LogP contribution in [0, 0.1) is 0 Å². The van der Waals surface area contributed by atoms with Gasteiger partial charge in [-0.3, -0.25) is 4.79 Å². The molecule has 0 saturated carbocycles. The molecule has 31 heavy (non-hydrogen) atoms. The van der Waals surface area contributed by atoms with Gasteiger partial charge in [0.1, 0.15) is 15.5 Å². The average molecular weight is 457 g/mol. The molecule has 0 N–H and O–H groups in total. The van der Waals surface area contributed by atoms with Gasteiger partial charge in [-0.05, 0) is 46.7 Å². The molecule has 0 spiro atoms. The number of amides is 1. The Bertz CT molecular complexity index is 1190. The van der Waals surface area contributed by atoms with Gasteiger partial charge in [0, 0.05) is 26.7 Å². The lowest BCUT2D eigenvalue weighted by Crippen LogP contribution is -2.37. The van der Waals surface area contributed by atoms with Crippen LogP contribution in [0.15, 0.2) is 64.9 Å². The van der Waals surface area contributed by atoms with Gasteiger partial charge in [0.2, 0.25) is 10.0 Å². The van der Waals surface area contributed by atoms with Crippen molar-refractivity contribution in [1.82, 2.24) is 9.21 Å². The summed E-state index contributed by atoms with van der Waals surface area (Å²) < 4.78 is 33.4. The highest BCUT2D eigenvalue weighted by atomic mass is 32.2. The second-order valence-electron chi connectivity index (χ2n) is 7.48. The summed E-state index contributed by atoms with van der Waals surface area (Å²) in [6.07, 6.45) is 0.667. The van der Waals surface area contributed by atoms with Crippen molar-refractivity contribution in [2.45, 2.75) is 24.4 Å². The molecule has 6 nitrogen and oxygen atoms in total. The van der Waals surface area contributed by atoms with Gasteiger partial charge in [0.05, 0.1) is 7.11 Å². The van der Waals surface area contributed by atoms with E-state index in [9.17, 15) is 13.2 Å². The van der Waals surface area contributed by atoms with Crippen LogP contribution in [0.25, 0.3) is 0 Å². The molecule has 0 fully saturated rings. The van der Waals surface area contributed by atoms with Crippen molar-refractivity contribution in [1.29, 1.82) is 0 Å². The van der Waals surface area contributed by atoms with Crippen LogP contribution in [0.3, 0.4) is 0 Å². The zero-order valence-corrected chi connectivity index (χ0v) is 19.1. The van der Waals surface area contributed by atoms with Crippen LogP contribution in [0.1, 0.15) is 26.4 Å². The summed E-state index contributed by atoms with van der Waals surface area (Å²) in [5.41, 5.74) is 3.12. The van der Waals surface area contributed by atoms with Crippen molar-refractivity contribution >= 4 is 27.3 Å². The molecule has 1 aromatic heterocycles. The summed E-state index contributed by atoms with van der Waals surface area (Å²) in [5, 5.41) is 1.67. The molecule has 4 rings (SSSR count). The van der Waals surface area contributed by atoms with E-state index >= 15 is 0 Å². The van der Waals surface area contributed by atoms with Gasteiger partial charge in [0.15, 0.2) is 0 Å². The molecule has 0 saturated heterocycles. The molecule has 0 unspecified atom stereocenters. The summed E-state index contributed by atoms with van der Waals surface area (Å²) in [7, 11) is -0.491. The monoisotopic (exact) mass is 456 g/mol. The van der Waals surface area contributed by atoms with E-state index in [-0.39, 0.29) is 15.7 Å². The number of fused-ring (bicyclic) bond motifs is 1. The standard InChI is InChI=1S/C23H24N2O4S2/c1-24(15-17-7-9-20(29-2)10-8-17)23(26)22-21(12-14-30-22)31(27,28)25-13-11-18-5-3-4-6-19(18)16-25/h3-10,12,14H,11,13,15-16H2,1-2H3. The summed E-state index contributed by atoms with van der Waals surface area (Å²) in [6, 6.07) is 16.9. The van der Waals surface area contributed by atoms with Crippen molar-refractivity contribution in [3.63, 3.8) is 0 Å². The van der Waals surface area contributed by atoms with E-state index in [4.69, 9.17) is 4.74 Å². The number of hydrogen-bond donors (Lipinski definition) is 0. The number of rotatable bonds is 6. The number of methoxy groups -OCH3 is 1. The van der Waals surface area contributed by atoms with E-state index in [1.165, 1.54) is 20.8 Å². The fourth-order valence-electron chi connectivity index (χ4n) is 3.72. The molecule has 2 heterocycles. The van der Waals surface area contributed by atoms with E-state index in [1.54, 1.807) is 19.5 Å². The molecular weight excluding hydrogens is 432 g/mol. The summed E-state index contributed by atoms with van der Waals surface area (Å²) in [5.74, 6) is 0.439. The van der Waals surface area contributed by atoms with Crippen molar-refractivity contribution in [2.24, 2.45) is 0 Å². The van der Waals surface area contributed by atoms with E-state index < -0.39 is 10.0 Å². The molecule has 0 aliphatic carbocycles. The van der Waals surface area contributed by atoms with E-state index in [1.807, 2.05) is 48.5 Å². The highest BCUT2D eigenvalue weighted by molar-refractivity contribution is 7.89. The van der Waals surface area contributed by atoms with Crippen LogP contribution in [-0.4, -0.2) is 44.2 Å². The van der Waals surface area contributed by atoms with Crippen LogP contribution >= 0.6 is 11.3 Å². The molecule has 0 radical (unpaired) electrons. The number of carbonyl (C=O) groups excluding carboxylic acids is 1. The lowest BCUT2D eigenvalue weighted by atomic mass is 10.0. The summed E-state index contributed by atoms with van der Waals surface area (Å²) in [4.78, 5) is 15.0. The van der Waals surface area contributed by atoms with Gasteiger partial charge < -0.3 is 9.64 Å². The minimum absolute atomic E-state index is 0.0865. The minimum atomic E-state index is -3.77. The zero-order valence-electron chi connectivity index (χ0n) is 17.4. The number of thiophene rings is 1. The first-order chi connectivity index (χ1) is 14.9. The number of nitrogens with zero attached hydrogens (tertiary/aromatic N) is 2. The molecule has 8 heteroatoms. The first-order valence-corrected chi connectivity index (χ1v) is 12.2. The molecule has 3 aromatic rings. The van der Waals surface area contributed by atoms with Crippen LogP contribution in [0.4, 0.5) is 0 Å². The smallest absolute Gasteiger partial charge is 0.265 e. The van der Waals surface area contributed by atoms with E-state index in [0.29, 0.717) is 26.1 Å². The normalized spacial score (nSPS) is 14.1. The number of carbonyl (C=O) groups is 1. The zero-order chi connectivity index (χ0) is 22.0. The number of benzene rings is 2. The second kappa shape index (κ2) is 8.82. The first kappa shape index (κ1) is 21.5. The Morgan fingerprint density at radius 2 is 1.81 bits per heavy atom. The van der Waals surface area contributed by atoms with Crippen molar-refractivity contribution in [2.75, 3.05) is 20.7 Å². The number of sulfonamides is 1. The third kappa shape index (κ3) is 4.37. The van der Waals surface area contributed by atoms with Crippen molar-refractivity contribution < 1.29 is 17.9 Å². The molecule has 162 valence electrons. The predicted octanol–water partition coefficient (Wildman–Crippen LogP) is 3.78. The first-order valence-electron chi connectivity index (χ1n) is 9.93. The van der Waals surface area contributed by atoms with Gasteiger partial charge in [0.25, 0.3) is 5.91 Å². The molecule has 1 aliphatic heterocycles. The van der Waals surface area contributed by atoms with Gasteiger partial charge in [-0.25, -0.2) is 8.42 Å². The molecule has 2 aromatic carbocycles. The van der Waals surface area contributed by atoms with Crippen molar-refractivity contribution in [3.8, 4) is 5.75 Å². The van der Waals surface area contributed by atoms with Crippen LogP contribution in [-0.2, 0) is 29.5 Å². The SMILES string of the molecule is COc1ccc(CN(C)C(=O)c2sccc2S(=O)(=O)N2CCc3ccccc3C2)cc1. The molecule has 0 bridgehead atoms. The van der Waals surface area contributed by atoms with Gasteiger partial charge >= 0.3 is 0 Å². The molecule has 1 aliphatic rings. The Morgan fingerprint density at radius 3 is 2.52 bits per heavy atom. The lowest BCUT2D eigenvalue weighted by molar-refractivity contribution is 0.0786. The highest BCUT2D eigenvalue weighted by Gasteiger charge is 2.33. The number of ether oxygens (including phenoxy) is 1. The van der Waals surface area contributed by atoms with Gasteiger partial charge in [-0.1, -0.05) is 36.4 Å². The predicted molar refractivity (Wildman–Crippen MR) is 121 cm³/mol.